The number of benzene rings is 3. The van der Waals surface area contributed by atoms with E-state index in [0.29, 0.717) is 30.0 Å². The number of hydrogen-bond donors (Lipinski definition) is 3. The summed E-state index contributed by atoms with van der Waals surface area (Å²) in [5.41, 5.74) is 10.0. The highest BCUT2D eigenvalue weighted by Gasteiger charge is 2.28. The Balaban J connectivity index is 1.34. The quantitative estimate of drug-likeness (QED) is 0.262. The number of nitrogens with two attached hydrogens (primary N) is 1. The zero-order chi connectivity index (χ0) is 26.3. The number of H-pyrrole nitrogens is 1. The summed E-state index contributed by atoms with van der Waals surface area (Å²) in [5, 5.41) is 3.28. The lowest BCUT2D eigenvalue weighted by Crippen LogP contribution is -2.37. The highest BCUT2D eigenvalue weighted by molar-refractivity contribution is 6.08. The fourth-order valence-electron chi connectivity index (χ4n) is 5.22. The summed E-state index contributed by atoms with van der Waals surface area (Å²) in [4.78, 5) is 34.3. The largest absolute Gasteiger partial charge is 0.346 e. The number of aromatic nitrogens is 2. The Morgan fingerprint density at radius 2 is 1.50 bits per heavy atom. The Kier molecular flexibility index (Phi) is 8.09. The second-order valence-corrected chi connectivity index (χ2v) is 10.1. The van der Waals surface area contributed by atoms with Gasteiger partial charge in [-0.1, -0.05) is 84.9 Å². The van der Waals surface area contributed by atoms with Gasteiger partial charge in [-0.25, -0.2) is 4.98 Å². The van der Waals surface area contributed by atoms with Gasteiger partial charge in [0.15, 0.2) is 5.78 Å². The summed E-state index contributed by atoms with van der Waals surface area (Å²) in [6.07, 6.45) is 6.17. The van der Waals surface area contributed by atoms with E-state index in [2.05, 4.69) is 10.3 Å². The summed E-state index contributed by atoms with van der Waals surface area (Å²) in [5.74, 6) is 1.30. The second-order valence-electron chi connectivity index (χ2n) is 10.1. The molecule has 0 radical (unpaired) electrons. The zero-order valence-electron chi connectivity index (χ0n) is 21.5. The summed E-state index contributed by atoms with van der Waals surface area (Å²) >= 11 is 0. The predicted molar refractivity (Wildman–Crippen MR) is 149 cm³/mol. The first-order valence-corrected chi connectivity index (χ1v) is 13.4. The van der Waals surface area contributed by atoms with Gasteiger partial charge in [-0.15, -0.1) is 0 Å². The Bertz CT molecular complexity index is 1340. The van der Waals surface area contributed by atoms with Crippen LogP contribution in [0.25, 0.3) is 11.3 Å². The molecule has 3 aromatic carbocycles. The van der Waals surface area contributed by atoms with Crippen LogP contribution in [0.4, 0.5) is 0 Å². The van der Waals surface area contributed by atoms with Crippen molar-refractivity contribution in [3.63, 3.8) is 0 Å². The monoisotopic (exact) mass is 506 g/mol. The molecule has 1 amide bonds. The number of carbonyl (C=O) groups excluding carboxylic acids is 2. The van der Waals surface area contributed by atoms with Gasteiger partial charge in [0.2, 0.25) is 5.91 Å². The maximum atomic E-state index is 13.3. The molecular formula is C32H34N4O2. The van der Waals surface area contributed by atoms with E-state index >= 15 is 0 Å². The molecule has 5 rings (SSSR count). The van der Waals surface area contributed by atoms with Crippen LogP contribution in [0.15, 0.2) is 91.1 Å². The van der Waals surface area contributed by atoms with Crippen molar-refractivity contribution in [2.75, 3.05) is 6.54 Å². The molecule has 38 heavy (non-hydrogen) atoms. The zero-order valence-corrected chi connectivity index (χ0v) is 21.5. The molecule has 1 fully saturated rings. The average molecular weight is 507 g/mol. The van der Waals surface area contributed by atoms with Crippen LogP contribution in [-0.2, 0) is 11.2 Å². The molecular weight excluding hydrogens is 472 g/mol. The molecule has 1 unspecified atom stereocenters. The smallest absolute Gasteiger partial charge is 0.223 e. The van der Waals surface area contributed by atoms with E-state index in [4.69, 9.17) is 10.7 Å². The molecule has 0 saturated heterocycles. The number of ketones is 1. The van der Waals surface area contributed by atoms with E-state index in [9.17, 15) is 9.59 Å². The van der Waals surface area contributed by atoms with Gasteiger partial charge in [0.25, 0.3) is 0 Å². The third kappa shape index (κ3) is 6.09. The number of nitrogens with one attached hydrogen (secondary N) is 2. The Hall–Kier alpha value is -4.03. The normalized spacial score (nSPS) is 18.0. The van der Waals surface area contributed by atoms with Crippen molar-refractivity contribution in [1.29, 1.82) is 0 Å². The minimum absolute atomic E-state index is 0.00488. The van der Waals surface area contributed by atoms with Crippen molar-refractivity contribution in [2.45, 2.75) is 38.1 Å². The number of hydrogen-bond acceptors (Lipinski definition) is 4. The first-order chi connectivity index (χ1) is 18.6. The van der Waals surface area contributed by atoms with Crippen LogP contribution < -0.4 is 11.1 Å². The first kappa shape index (κ1) is 25.6. The summed E-state index contributed by atoms with van der Waals surface area (Å²) < 4.78 is 0. The molecule has 0 aliphatic heterocycles. The third-order valence-corrected chi connectivity index (χ3v) is 7.56. The van der Waals surface area contributed by atoms with E-state index in [-0.39, 0.29) is 23.7 Å². The molecule has 4 N–H and O–H groups in total. The number of imidazole rings is 1. The molecule has 4 aromatic rings. The van der Waals surface area contributed by atoms with Crippen LogP contribution in [0.5, 0.6) is 0 Å². The molecule has 6 heteroatoms. The van der Waals surface area contributed by atoms with Crippen LogP contribution in [0.1, 0.15) is 59.0 Å². The topological polar surface area (TPSA) is 101 Å². The molecule has 0 bridgehead atoms. The summed E-state index contributed by atoms with van der Waals surface area (Å²) in [6.45, 7) is 0.689. The van der Waals surface area contributed by atoms with Gasteiger partial charge < -0.3 is 16.0 Å². The van der Waals surface area contributed by atoms with E-state index in [1.54, 1.807) is 0 Å². The number of carbonyl (C=O) groups is 2. The van der Waals surface area contributed by atoms with Gasteiger partial charge >= 0.3 is 0 Å². The molecule has 1 heterocycles. The highest BCUT2D eigenvalue weighted by atomic mass is 16.2. The van der Waals surface area contributed by atoms with Gasteiger partial charge in [0.1, 0.15) is 5.82 Å². The van der Waals surface area contributed by atoms with E-state index < -0.39 is 0 Å². The second kappa shape index (κ2) is 12.0. The van der Waals surface area contributed by atoms with E-state index in [1.807, 2.05) is 91.1 Å². The molecule has 6 nitrogen and oxygen atoms in total. The van der Waals surface area contributed by atoms with Crippen molar-refractivity contribution >= 4 is 11.7 Å². The Morgan fingerprint density at radius 3 is 2.16 bits per heavy atom. The van der Waals surface area contributed by atoms with Crippen molar-refractivity contribution < 1.29 is 9.59 Å². The number of amides is 1. The number of aromatic amines is 1. The van der Waals surface area contributed by atoms with Crippen LogP contribution >= 0.6 is 0 Å². The fraction of sp³-hybridized carbons (Fsp3) is 0.281. The van der Waals surface area contributed by atoms with Crippen molar-refractivity contribution in [3.8, 4) is 11.3 Å². The Morgan fingerprint density at radius 1 is 0.868 bits per heavy atom. The minimum atomic E-state index is -0.317. The lowest BCUT2D eigenvalue weighted by Gasteiger charge is -2.28. The van der Waals surface area contributed by atoms with Gasteiger partial charge in [0.05, 0.1) is 11.7 Å². The molecule has 194 valence electrons. The van der Waals surface area contributed by atoms with E-state index in [0.717, 1.165) is 48.3 Å². The molecule has 1 aromatic heterocycles. The third-order valence-electron chi connectivity index (χ3n) is 7.56. The van der Waals surface area contributed by atoms with Crippen LogP contribution in [0, 0.1) is 11.8 Å². The minimum Gasteiger partial charge on any atom is -0.346 e. The van der Waals surface area contributed by atoms with Crippen LogP contribution in [-0.4, -0.2) is 28.2 Å². The Labute approximate surface area is 223 Å². The van der Waals surface area contributed by atoms with Crippen molar-refractivity contribution in [2.24, 2.45) is 17.6 Å². The van der Waals surface area contributed by atoms with Crippen molar-refractivity contribution in [1.82, 2.24) is 15.3 Å². The van der Waals surface area contributed by atoms with E-state index in [1.165, 1.54) is 0 Å². The van der Waals surface area contributed by atoms with Crippen LogP contribution in [0.2, 0.25) is 0 Å². The van der Waals surface area contributed by atoms with Crippen LogP contribution in [0.3, 0.4) is 0 Å². The van der Waals surface area contributed by atoms with Crippen molar-refractivity contribution in [3.05, 3.63) is 114 Å². The standard InChI is InChI=1S/C32H34N4O2/c33-20-23-13-17-27(18-14-23)32(38)36-28(31-34-21-29(35-31)24-7-3-1-4-8-24)19-22-11-15-26(16-12-22)30(37)25-9-5-2-6-10-25/h1-12,15-16,21,23,27-28H,13-14,17-20,33H2,(H,34,35)(H,36,38)/t23-,27-,28?. The molecule has 1 aliphatic carbocycles. The number of nitrogens with zero attached hydrogens (tertiary/aromatic N) is 1. The summed E-state index contributed by atoms with van der Waals surface area (Å²) in [6, 6.07) is 26.6. The molecule has 0 spiro atoms. The van der Waals surface area contributed by atoms with Gasteiger partial charge in [-0.2, -0.15) is 0 Å². The van der Waals surface area contributed by atoms with Gasteiger partial charge in [0, 0.05) is 28.8 Å². The lowest BCUT2D eigenvalue weighted by molar-refractivity contribution is -0.127. The molecule has 1 atom stereocenters. The van der Waals surface area contributed by atoms with Gasteiger partial charge in [-0.3, -0.25) is 9.59 Å². The first-order valence-electron chi connectivity index (χ1n) is 13.4. The maximum absolute atomic E-state index is 13.3. The molecule has 1 saturated carbocycles. The van der Waals surface area contributed by atoms with Gasteiger partial charge in [-0.05, 0) is 50.1 Å². The fourth-order valence-corrected chi connectivity index (χ4v) is 5.22. The lowest BCUT2D eigenvalue weighted by atomic mass is 9.81. The average Bonchev–Trinajstić information content (AvgIpc) is 3.48. The highest BCUT2D eigenvalue weighted by Crippen LogP contribution is 2.29. The number of rotatable bonds is 9. The maximum Gasteiger partial charge on any atom is 0.223 e. The summed E-state index contributed by atoms with van der Waals surface area (Å²) in [7, 11) is 0. The SMILES string of the molecule is NC[C@H]1CC[C@H](C(=O)NC(Cc2ccc(C(=O)c3ccccc3)cc2)c2nc(-c3ccccc3)c[nH]2)CC1. The predicted octanol–water partition coefficient (Wildman–Crippen LogP) is 5.47. The molecule has 1 aliphatic rings.